The van der Waals surface area contributed by atoms with Gasteiger partial charge in [-0.05, 0) is 93.4 Å². The van der Waals surface area contributed by atoms with E-state index in [1.807, 2.05) is 38.1 Å². The van der Waals surface area contributed by atoms with Crippen molar-refractivity contribution in [3.05, 3.63) is 29.3 Å². The van der Waals surface area contributed by atoms with Gasteiger partial charge < -0.3 is 14.6 Å². The molecule has 4 saturated carbocycles. The molecule has 3 atom stereocenters. The van der Waals surface area contributed by atoms with Gasteiger partial charge in [-0.2, -0.15) is 0 Å². The van der Waals surface area contributed by atoms with Gasteiger partial charge in [0.05, 0.1) is 5.75 Å². The van der Waals surface area contributed by atoms with Crippen molar-refractivity contribution in [2.24, 2.45) is 23.2 Å². The molecule has 0 saturated heterocycles. The number of ether oxygens (including phenoxy) is 1. The van der Waals surface area contributed by atoms with Gasteiger partial charge >= 0.3 is 0 Å². The first-order valence-corrected chi connectivity index (χ1v) is 12.0. The summed E-state index contributed by atoms with van der Waals surface area (Å²) in [6.07, 6.45) is 5.59. The molecule has 0 aliphatic heterocycles. The van der Waals surface area contributed by atoms with E-state index in [0.29, 0.717) is 34.6 Å². The van der Waals surface area contributed by atoms with E-state index in [1.165, 1.54) is 12.8 Å². The summed E-state index contributed by atoms with van der Waals surface area (Å²) in [5, 5.41) is 4.32. The SMILES string of the molecule is CC(C)(Oc1ccc(Cl)cc1)C(=S)NC1C2CC3CC1CC(CS(=O)O)(C3)C2. The Bertz CT molecular complexity index is 766. The molecule has 1 aromatic carbocycles. The Labute approximate surface area is 180 Å². The van der Waals surface area contributed by atoms with Gasteiger partial charge in [-0.3, -0.25) is 0 Å². The number of hydrogen-bond donors (Lipinski definition) is 2. The maximum absolute atomic E-state index is 11.5. The lowest BCUT2D eigenvalue weighted by molar-refractivity contribution is -0.0603. The molecule has 154 valence electrons. The summed E-state index contributed by atoms with van der Waals surface area (Å²) in [4.78, 5) is 0.722. The molecular weight excluding hydrogens is 414 g/mol. The van der Waals surface area contributed by atoms with Crippen LogP contribution in [0.1, 0.15) is 46.0 Å². The molecule has 0 aromatic heterocycles. The largest absolute Gasteiger partial charge is 0.481 e. The average Bonchev–Trinajstić information content (AvgIpc) is 2.58. The Kier molecular flexibility index (Phi) is 5.53. The zero-order chi connectivity index (χ0) is 20.1. The van der Waals surface area contributed by atoms with Crippen LogP contribution in [-0.4, -0.2) is 31.1 Å². The van der Waals surface area contributed by atoms with E-state index in [9.17, 15) is 8.76 Å². The Morgan fingerprint density at radius 1 is 1.29 bits per heavy atom. The molecule has 2 N–H and O–H groups in total. The summed E-state index contributed by atoms with van der Waals surface area (Å²) in [5.41, 5.74) is -0.562. The average molecular weight is 442 g/mol. The summed E-state index contributed by atoms with van der Waals surface area (Å²) < 4.78 is 27.2. The van der Waals surface area contributed by atoms with Crippen LogP contribution >= 0.6 is 23.8 Å². The van der Waals surface area contributed by atoms with Crippen molar-refractivity contribution < 1.29 is 13.5 Å². The maximum Gasteiger partial charge on any atom is 0.153 e. The van der Waals surface area contributed by atoms with Gasteiger partial charge in [-0.25, -0.2) is 4.21 Å². The van der Waals surface area contributed by atoms with Crippen molar-refractivity contribution in [1.29, 1.82) is 0 Å². The second kappa shape index (κ2) is 7.53. The first-order valence-electron chi connectivity index (χ1n) is 9.99. The molecule has 28 heavy (non-hydrogen) atoms. The third kappa shape index (κ3) is 4.11. The lowest BCUT2D eigenvalue weighted by Gasteiger charge is -2.60. The van der Waals surface area contributed by atoms with Crippen molar-refractivity contribution in [2.75, 3.05) is 5.75 Å². The number of hydrogen-bond acceptors (Lipinski definition) is 3. The first-order chi connectivity index (χ1) is 13.2. The Hall–Kier alpha value is -0.690. The Morgan fingerprint density at radius 3 is 2.46 bits per heavy atom. The van der Waals surface area contributed by atoms with Crippen LogP contribution in [0.3, 0.4) is 0 Å². The third-order valence-corrected chi connectivity index (χ3v) is 8.58. The number of rotatable bonds is 6. The van der Waals surface area contributed by atoms with Crippen LogP contribution in [0.25, 0.3) is 0 Å². The van der Waals surface area contributed by atoms with Crippen molar-refractivity contribution in [3.63, 3.8) is 0 Å². The lowest BCUT2D eigenvalue weighted by Crippen LogP contribution is -2.62. The van der Waals surface area contributed by atoms with Crippen LogP contribution in [0.5, 0.6) is 5.75 Å². The van der Waals surface area contributed by atoms with Gasteiger partial charge in [0, 0.05) is 11.1 Å². The highest BCUT2D eigenvalue weighted by atomic mass is 35.5. The second-order valence-corrected chi connectivity index (χ2v) is 11.3. The monoisotopic (exact) mass is 441 g/mol. The minimum atomic E-state index is -1.71. The molecule has 4 fully saturated rings. The molecule has 3 unspecified atom stereocenters. The maximum atomic E-state index is 11.5. The van der Waals surface area contributed by atoms with E-state index in [0.717, 1.165) is 30.0 Å². The van der Waals surface area contributed by atoms with E-state index in [4.69, 9.17) is 28.6 Å². The molecule has 1 aromatic rings. The summed E-state index contributed by atoms with van der Waals surface area (Å²) in [6, 6.07) is 7.68. The third-order valence-electron chi connectivity index (χ3n) is 6.86. The zero-order valence-corrected chi connectivity index (χ0v) is 18.7. The van der Waals surface area contributed by atoms with Crippen LogP contribution in [0.15, 0.2) is 24.3 Å². The minimum Gasteiger partial charge on any atom is -0.481 e. The fraction of sp³-hybridized carbons (Fsp3) is 0.667. The van der Waals surface area contributed by atoms with Crippen molar-refractivity contribution >= 4 is 39.9 Å². The predicted molar refractivity (Wildman–Crippen MR) is 117 cm³/mol. The van der Waals surface area contributed by atoms with Gasteiger partial charge in [0.15, 0.2) is 16.7 Å². The van der Waals surface area contributed by atoms with Crippen LogP contribution in [0.4, 0.5) is 0 Å². The molecule has 0 radical (unpaired) electrons. The fourth-order valence-electron chi connectivity index (χ4n) is 6.04. The van der Waals surface area contributed by atoms with Gasteiger partial charge in [0.2, 0.25) is 0 Å². The van der Waals surface area contributed by atoms with Gasteiger partial charge in [0.25, 0.3) is 0 Å². The zero-order valence-electron chi connectivity index (χ0n) is 16.3. The molecular formula is C21H28ClNO3S2. The highest BCUT2D eigenvalue weighted by Crippen LogP contribution is 2.60. The summed E-state index contributed by atoms with van der Waals surface area (Å²) in [5.74, 6) is 2.93. The summed E-state index contributed by atoms with van der Waals surface area (Å²) in [7, 11) is 0. The van der Waals surface area contributed by atoms with Crippen LogP contribution in [-0.2, 0) is 11.1 Å². The molecule has 5 rings (SSSR count). The van der Waals surface area contributed by atoms with E-state index in [2.05, 4.69) is 5.32 Å². The number of benzene rings is 1. The fourth-order valence-corrected chi connectivity index (χ4v) is 7.22. The molecule has 0 spiro atoms. The molecule has 0 heterocycles. The highest BCUT2D eigenvalue weighted by molar-refractivity contribution is 7.80. The normalized spacial score (nSPS) is 34.9. The minimum absolute atomic E-state index is 0.0607. The molecule has 4 nitrogen and oxygen atoms in total. The second-order valence-electron chi connectivity index (χ2n) is 9.50. The van der Waals surface area contributed by atoms with E-state index in [1.54, 1.807) is 0 Å². The molecule has 4 aliphatic rings. The smallest absolute Gasteiger partial charge is 0.153 e. The number of nitrogens with one attached hydrogen (secondary N) is 1. The van der Waals surface area contributed by atoms with Crippen molar-refractivity contribution in [2.45, 2.75) is 57.6 Å². The molecule has 4 aliphatic carbocycles. The first kappa shape index (κ1) is 20.6. The summed E-state index contributed by atoms with van der Waals surface area (Å²) in [6.45, 7) is 3.98. The Morgan fingerprint density at radius 2 is 1.89 bits per heavy atom. The van der Waals surface area contributed by atoms with Gasteiger partial charge in [-0.15, -0.1) is 0 Å². The van der Waals surface area contributed by atoms with E-state index < -0.39 is 16.7 Å². The van der Waals surface area contributed by atoms with Gasteiger partial charge in [0.1, 0.15) is 10.7 Å². The molecule has 7 heteroatoms. The van der Waals surface area contributed by atoms with Crippen LogP contribution < -0.4 is 10.1 Å². The number of halogens is 1. The number of thiocarbonyl (C=S) groups is 1. The Balaban J connectivity index is 1.43. The topological polar surface area (TPSA) is 58.6 Å². The standard InChI is InChI=1S/C21H28ClNO3S2/c1-20(2,26-17-5-3-16(22)4-6-17)19(27)23-18-14-7-13-8-15(18)11-21(9-13,10-14)12-28(24)25/h3-6,13-15,18H,7-12H2,1-2H3,(H,23,27)(H,24,25). The lowest BCUT2D eigenvalue weighted by atomic mass is 9.48. The molecule has 0 amide bonds. The van der Waals surface area contributed by atoms with Crippen LogP contribution in [0.2, 0.25) is 5.02 Å². The predicted octanol–water partition coefficient (Wildman–Crippen LogP) is 4.83. The van der Waals surface area contributed by atoms with Crippen molar-refractivity contribution in [1.82, 2.24) is 5.32 Å². The van der Waals surface area contributed by atoms with Crippen molar-refractivity contribution in [3.8, 4) is 5.75 Å². The molecule has 4 bridgehead atoms. The quantitative estimate of drug-likeness (QED) is 0.489. The van der Waals surface area contributed by atoms with Crippen LogP contribution in [0, 0.1) is 23.2 Å². The van der Waals surface area contributed by atoms with Gasteiger partial charge in [-0.1, -0.05) is 23.8 Å². The van der Waals surface area contributed by atoms with E-state index in [-0.39, 0.29) is 5.41 Å². The summed E-state index contributed by atoms with van der Waals surface area (Å²) >= 11 is 10.0. The highest BCUT2D eigenvalue weighted by Gasteiger charge is 2.56. The van der Waals surface area contributed by atoms with E-state index >= 15 is 0 Å².